The maximum absolute atomic E-state index is 12.9. The second-order valence-electron chi connectivity index (χ2n) is 7.58. The van der Waals surface area contributed by atoms with Crippen molar-refractivity contribution in [3.8, 4) is 11.3 Å². The maximum atomic E-state index is 12.9. The Hall–Kier alpha value is -3.52. The molecule has 8 heteroatoms. The molecule has 7 nitrogen and oxygen atoms in total. The number of thiazole rings is 1. The number of ether oxygens (including phenoxy) is 1. The van der Waals surface area contributed by atoms with Gasteiger partial charge in [0.2, 0.25) is 12.0 Å². The van der Waals surface area contributed by atoms with E-state index in [1.807, 2.05) is 25.1 Å². The van der Waals surface area contributed by atoms with E-state index in [1.165, 1.54) is 18.3 Å². The van der Waals surface area contributed by atoms with Crippen LogP contribution in [0.4, 0.5) is 10.8 Å². The molecule has 0 fully saturated rings. The molecule has 1 aliphatic heterocycles. The largest absolute Gasteiger partial charge is 0.447 e. The monoisotopic (exact) mass is 449 g/mol. The van der Waals surface area contributed by atoms with E-state index in [0.29, 0.717) is 17.2 Å². The van der Waals surface area contributed by atoms with Gasteiger partial charge in [0.05, 0.1) is 5.69 Å². The van der Waals surface area contributed by atoms with Crippen LogP contribution in [0.5, 0.6) is 0 Å². The Bertz CT molecular complexity index is 1190. The summed E-state index contributed by atoms with van der Waals surface area (Å²) in [5, 5.41) is 3.22. The van der Waals surface area contributed by atoms with Gasteiger partial charge in [-0.15, -0.1) is 11.3 Å². The molecule has 0 unspecified atom stereocenters. The van der Waals surface area contributed by atoms with Gasteiger partial charge in [-0.3, -0.25) is 19.7 Å². The summed E-state index contributed by atoms with van der Waals surface area (Å²) in [6.45, 7) is 5.47. The number of fused-ring (bicyclic) bond motifs is 1. The normalized spacial score (nSPS) is 13.4. The highest BCUT2D eigenvalue weighted by Gasteiger charge is 2.26. The van der Waals surface area contributed by atoms with Gasteiger partial charge in [0.1, 0.15) is 0 Å². The topological polar surface area (TPSA) is 88.6 Å². The quantitative estimate of drug-likeness (QED) is 0.588. The molecule has 0 spiro atoms. The van der Waals surface area contributed by atoms with Gasteiger partial charge in [0.15, 0.2) is 5.13 Å². The Kier molecular flexibility index (Phi) is 6.05. The Balaban J connectivity index is 1.57. The molecule has 2 amide bonds. The number of hydrogen-bond acceptors (Lipinski definition) is 6. The molecule has 1 N–H and O–H groups in total. The smallest absolute Gasteiger partial charge is 0.303 e. The minimum atomic E-state index is -1.06. The van der Waals surface area contributed by atoms with Crippen molar-refractivity contribution >= 4 is 39.9 Å². The molecule has 0 aliphatic carbocycles. The second kappa shape index (κ2) is 8.92. The maximum Gasteiger partial charge on any atom is 0.303 e. The van der Waals surface area contributed by atoms with Crippen molar-refractivity contribution in [2.75, 3.05) is 16.8 Å². The Morgan fingerprint density at radius 1 is 1.12 bits per heavy atom. The summed E-state index contributed by atoms with van der Waals surface area (Å²) in [6.07, 6.45) is -0.254. The van der Waals surface area contributed by atoms with Gasteiger partial charge in [-0.05, 0) is 31.0 Å². The van der Waals surface area contributed by atoms with Crippen LogP contribution < -0.4 is 10.2 Å². The number of nitrogens with one attached hydrogen (secondary N) is 1. The number of esters is 1. The summed E-state index contributed by atoms with van der Waals surface area (Å²) >= 11 is 1.36. The lowest BCUT2D eigenvalue weighted by Gasteiger charge is -2.16. The van der Waals surface area contributed by atoms with Crippen molar-refractivity contribution < 1.29 is 19.1 Å². The number of aromatic nitrogens is 1. The van der Waals surface area contributed by atoms with E-state index in [4.69, 9.17) is 4.74 Å². The van der Waals surface area contributed by atoms with Gasteiger partial charge in [-0.25, -0.2) is 4.98 Å². The zero-order chi connectivity index (χ0) is 22.8. The zero-order valence-electron chi connectivity index (χ0n) is 18.0. The number of amides is 2. The first kappa shape index (κ1) is 21.7. The van der Waals surface area contributed by atoms with Crippen LogP contribution >= 0.6 is 11.3 Å². The van der Waals surface area contributed by atoms with Crippen LogP contribution in [0.3, 0.4) is 0 Å². The van der Waals surface area contributed by atoms with Crippen LogP contribution in [0.15, 0.2) is 48.5 Å². The van der Waals surface area contributed by atoms with Crippen LogP contribution in [0.1, 0.15) is 36.0 Å². The van der Waals surface area contributed by atoms with Crippen LogP contribution in [0.25, 0.3) is 11.3 Å². The van der Waals surface area contributed by atoms with E-state index in [-0.39, 0.29) is 5.91 Å². The van der Waals surface area contributed by atoms with Gasteiger partial charge in [0.25, 0.3) is 5.91 Å². The van der Waals surface area contributed by atoms with E-state index in [9.17, 15) is 14.4 Å². The Morgan fingerprint density at radius 3 is 2.56 bits per heavy atom. The van der Waals surface area contributed by atoms with E-state index in [1.54, 1.807) is 36.1 Å². The molecule has 32 heavy (non-hydrogen) atoms. The molecule has 1 aliphatic rings. The lowest BCUT2D eigenvalue weighted by atomic mass is 10.1. The highest BCUT2D eigenvalue weighted by Crippen LogP contribution is 2.36. The van der Waals surface area contributed by atoms with Crippen molar-refractivity contribution in [3.05, 3.63) is 64.5 Å². The summed E-state index contributed by atoms with van der Waals surface area (Å²) in [4.78, 5) is 43.6. The lowest BCUT2D eigenvalue weighted by Crippen LogP contribution is -2.25. The fourth-order valence-electron chi connectivity index (χ4n) is 3.83. The number of anilines is 2. The molecule has 0 saturated heterocycles. The minimum absolute atomic E-state index is 0.0343. The third kappa shape index (κ3) is 4.40. The third-order valence-corrected chi connectivity index (χ3v) is 6.17. The second-order valence-corrected chi connectivity index (χ2v) is 8.78. The van der Waals surface area contributed by atoms with E-state index >= 15 is 0 Å². The van der Waals surface area contributed by atoms with E-state index < -0.39 is 18.0 Å². The van der Waals surface area contributed by atoms with Crippen molar-refractivity contribution in [1.29, 1.82) is 0 Å². The highest BCUT2D eigenvalue weighted by atomic mass is 32.1. The van der Waals surface area contributed by atoms with Crippen LogP contribution in [-0.4, -0.2) is 29.3 Å². The van der Waals surface area contributed by atoms with Gasteiger partial charge in [-0.1, -0.05) is 36.4 Å². The summed E-state index contributed by atoms with van der Waals surface area (Å²) in [5.74, 6) is -0.965. The highest BCUT2D eigenvalue weighted by molar-refractivity contribution is 7.16. The molecule has 3 aromatic rings. The number of benzene rings is 2. The number of carbonyl (C=O) groups excluding carboxylic acids is 3. The SMILES string of the molecule is CC(=O)O[C@H](C(=O)Nc1nc(-c2ccc3c(c2)CCN3C(C)=O)c(C)s1)c1ccccc1. The molecule has 0 bridgehead atoms. The van der Waals surface area contributed by atoms with Crippen molar-refractivity contribution in [1.82, 2.24) is 4.98 Å². The van der Waals surface area contributed by atoms with Gasteiger partial charge in [0, 0.05) is 42.1 Å². The summed E-state index contributed by atoms with van der Waals surface area (Å²) in [7, 11) is 0. The fourth-order valence-corrected chi connectivity index (χ4v) is 4.67. The first-order valence-electron chi connectivity index (χ1n) is 10.3. The number of nitrogens with zero attached hydrogens (tertiary/aromatic N) is 2. The first-order valence-corrected chi connectivity index (χ1v) is 11.1. The summed E-state index contributed by atoms with van der Waals surface area (Å²) in [6, 6.07) is 14.8. The molecule has 1 aromatic heterocycles. The molecule has 2 heterocycles. The molecular formula is C24H23N3O4S. The lowest BCUT2D eigenvalue weighted by molar-refractivity contribution is -0.152. The summed E-state index contributed by atoms with van der Waals surface area (Å²) < 4.78 is 5.27. The minimum Gasteiger partial charge on any atom is -0.447 e. The molecule has 164 valence electrons. The third-order valence-electron chi connectivity index (χ3n) is 5.28. The van der Waals surface area contributed by atoms with Crippen molar-refractivity contribution in [3.63, 3.8) is 0 Å². The average Bonchev–Trinajstić information content (AvgIpc) is 3.35. The molecule has 4 rings (SSSR count). The van der Waals surface area contributed by atoms with Gasteiger partial charge < -0.3 is 9.64 Å². The van der Waals surface area contributed by atoms with Crippen molar-refractivity contribution in [2.45, 2.75) is 33.3 Å². The van der Waals surface area contributed by atoms with Gasteiger partial charge >= 0.3 is 5.97 Å². The van der Waals surface area contributed by atoms with E-state index in [2.05, 4.69) is 16.4 Å². The van der Waals surface area contributed by atoms with E-state index in [0.717, 1.165) is 33.8 Å². The Morgan fingerprint density at radius 2 is 1.88 bits per heavy atom. The van der Waals surface area contributed by atoms with Crippen LogP contribution in [0, 0.1) is 6.92 Å². The molecule has 0 saturated carbocycles. The number of rotatable bonds is 5. The fraction of sp³-hybridized carbons (Fsp3) is 0.250. The standard InChI is InChI=1S/C24H23N3O4S/c1-14-21(19-9-10-20-18(13-19)11-12-27(20)15(2)28)25-24(32-14)26-23(30)22(31-16(3)29)17-7-5-4-6-8-17/h4-10,13,22H,11-12H2,1-3H3,(H,25,26,30)/t22-/m0/s1. The Labute approximate surface area is 190 Å². The molecule has 1 atom stereocenters. The zero-order valence-corrected chi connectivity index (χ0v) is 18.9. The number of hydrogen-bond donors (Lipinski definition) is 1. The first-order chi connectivity index (χ1) is 15.3. The molecule has 2 aromatic carbocycles. The number of carbonyl (C=O) groups is 3. The van der Waals surface area contributed by atoms with Crippen molar-refractivity contribution in [2.24, 2.45) is 0 Å². The van der Waals surface area contributed by atoms with Gasteiger partial charge in [-0.2, -0.15) is 0 Å². The van der Waals surface area contributed by atoms with Crippen LogP contribution in [-0.2, 0) is 25.5 Å². The average molecular weight is 450 g/mol. The van der Waals surface area contributed by atoms with Crippen LogP contribution in [0.2, 0.25) is 0 Å². The molecular weight excluding hydrogens is 426 g/mol. The predicted molar refractivity (Wildman–Crippen MR) is 124 cm³/mol. The molecule has 0 radical (unpaired) electrons. The predicted octanol–water partition coefficient (Wildman–Crippen LogP) is 4.27. The number of aryl methyl sites for hydroxylation is 1. The summed E-state index contributed by atoms with van der Waals surface area (Å²) in [5.41, 5.74) is 4.34.